The minimum atomic E-state index is -0.366. The molecular formula is C13H16O3. The van der Waals surface area contributed by atoms with Crippen molar-refractivity contribution in [3.05, 3.63) is 42.5 Å². The van der Waals surface area contributed by atoms with Crippen molar-refractivity contribution in [1.29, 1.82) is 0 Å². The quantitative estimate of drug-likeness (QED) is 0.565. The normalized spacial score (nSPS) is 9.94. The van der Waals surface area contributed by atoms with Gasteiger partial charge in [-0.25, -0.2) is 4.79 Å². The number of hydrogen-bond donors (Lipinski definition) is 0. The first-order valence-electron chi connectivity index (χ1n) is 5.19. The van der Waals surface area contributed by atoms with Crippen molar-refractivity contribution in [2.45, 2.75) is 20.0 Å². The van der Waals surface area contributed by atoms with Crippen LogP contribution in [0.1, 0.15) is 24.2 Å². The third-order valence-electron chi connectivity index (χ3n) is 1.81. The van der Waals surface area contributed by atoms with Gasteiger partial charge in [-0.3, -0.25) is 0 Å². The van der Waals surface area contributed by atoms with Crippen LogP contribution in [-0.2, 0) is 4.74 Å². The van der Waals surface area contributed by atoms with E-state index < -0.39 is 0 Å². The number of esters is 1. The second-order valence-corrected chi connectivity index (χ2v) is 3.55. The van der Waals surface area contributed by atoms with Crippen LogP contribution in [0.4, 0.5) is 0 Å². The molecule has 0 aliphatic heterocycles. The lowest BCUT2D eigenvalue weighted by molar-refractivity contribution is 0.0374. The van der Waals surface area contributed by atoms with Crippen LogP contribution in [0, 0.1) is 0 Å². The summed E-state index contributed by atoms with van der Waals surface area (Å²) >= 11 is 0. The van der Waals surface area contributed by atoms with Gasteiger partial charge in [-0.2, -0.15) is 0 Å². The molecule has 0 spiro atoms. The predicted octanol–water partition coefficient (Wildman–Crippen LogP) is 2.82. The molecule has 0 N–H and O–H groups in total. The lowest BCUT2D eigenvalue weighted by atomic mass is 10.2. The average molecular weight is 220 g/mol. The van der Waals surface area contributed by atoms with Crippen LogP contribution in [0.2, 0.25) is 0 Å². The second kappa shape index (κ2) is 5.95. The molecule has 3 heteroatoms. The highest BCUT2D eigenvalue weighted by molar-refractivity contribution is 5.92. The molecule has 0 fully saturated rings. The van der Waals surface area contributed by atoms with Gasteiger partial charge in [-0.15, -0.1) is 0 Å². The molecular weight excluding hydrogens is 204 g/mol. The highest BCUT2D eigenvalue weighted by Crippen LogP contribution is 2.19. The topological polar surface area (TPSA) is 35.5 Å². The molecule has 0 heterocycles. The molecule has 1 aromatic rings. The molecule has 1 rings (SSSR count). The number of para-hydroxylation sites is 1. The zero-order valence-corrected chi connectivity index (χ0v) is 9.60. The Morgan fingerprint density at radius 3 is 2.75 bits per heavy atom. The molecule has 0 radical (unpaired) electrons. The maximum Gasteiger partial charge on any atom is 0.342 e. The predicted molar refractivity (Wildman–Crippen MR) is 62.7 cm³/mol. The summed E-state index contributed by atoms with van der Waals surface area (Å²) in [4.78, 5) is 11.7. The smallest absolute Gasteiger partial charge is 0.342 e. The third kappa shape index (κ3) is 3.42. The van der Waals surface area contributed by atoms with Crippen molar-refractivity contribution >= 4 is 5.97 Å². The van der Waals surface area contributed by atoms with Crippen molar-refractivity contribution in [2.75, 3.05) is 6.61 Å². The Morgan fingerprint density at radius 2 is 2.12 bits per heavy atom. The molecule has 0 aliphatic carbocycles. The fourth-order valence-corrected chi connectivity index (χ4v) is 1.19. The van der Waals surface area contributed by atoms with E-state index in [9.17, 15) is 4.79 Å². The zero-order valence-electron chi connectivity index (χ0n) is 9.60. The van der Waals surface area contributed by atoms with Crippen LogP contribution in [0.25, 0.3) is 0 Å². The first kappa shape index (κ1) is 12.3. The van der Waals surface area contributed by atoms with E-state index in [2.05, 4.69) is 6.58 Å². The third-order valence-corrected chi connectivity index (χ3v) is 1.81. The first-order chi connectivity index (χ1) is 7.65. The molecule has 0 unspecified atom stereocenters. The summed E-state index contributed by atoms with van der Waals surface area (Å²) in [6.07, 6.45) is 1.49. The standard InChI is InChI=1S/C13H16O3/c1-4-9-15-12-8-6-5-7-11(12)13(14)16-10(2)3/h4-8,10H,1,9H2,2-3H3. The number of carbonyl (C=O) groups excluding carboxylic acids is 1. The van der Waals surface area contributed by atoms with Gasteiger partial charge in [0.1, 0.15) is 17.9 Å². The number of ether oxygens (including phenoxy) is 2. The van der Waals surface area contributed by atoms with Crippen molar-refractivity contribution in [3.8, 4) is 5.75 Å². The second-order valence-electron chi connectivity index (χ2n) is 3.55. The number of benzene rings is 1. The summed E-state index contributed by atoms with van der Waals surface area (Å²) in [5, 5.41) is 0. The molecule has 0 amide bonds. The Balaban J connectivity index is 2.84. The van der Waals surface area contributed by atoms with E-state index in [1.54, 1.807) is 24.3 Å². The molecule has 0 saturated carbocycles. The minimum absolute atomic E-state index is 0.139. The van der Waals surface area contributed by atoms with Gasteiger partial charge in [0.05, 0.1) is 6.10 Å². The lowest BCUT2D eigenvalue weighted by Crippen LogP contribution is -2.13. The lowest BCUT2D eigenvalue weighted by Gasteiger charge is -2.11. The molecule has 16 heavy (non-hydrogen) atoms. The molecule has 0 aromatic heterocycles. The van der Waals surface area contributed by atoms with Crippen molar-refractivity contribution in [1.82, 2.24) is 0 Å². The van der Waals surface area contributed by atoms with E-state index in [0.29, 0.717) is 17.9 Å². The van der Waals surface area contributed by atoms with Crippen LogP contribution >= 0.6 is 0 Å². The Hall–Kier alpha value is -1.77. The SMILES string of the molecule is C=CCOc1ccccc1C(=O)OC(C)C. The Bertz CT molecular complexity index is 369. The van der Waals surface area contributed by atoms with E-state index in [4.69, 9.17) is 9.47 Å². The van der Waals surface area contributed by atoms with Crippen LogP contribution in [-0.4, -0.2) is 18.7 Å². The van der Waals surface area contributed by atoms with Gasteiger partial charge in [0.2, 0.25) is 0 Å². The van der Waals surface area contributed by atoms with Crippen LogP contribution in [0.15, 0.2) is 36.9 Å². The average Bonchev–Trinajstić information content (AvgIpc) is 2.25. The van der Waals surface area contributed by atoms with Gasteiger partial charge in [0, 0.05) is 0 Å². The van der Waals surface area contributed by atoms with Gasteiger partial charge < -0.3 is 9.47 Å². The Morgan fingerprint density at radius 1 is 1.44 bits per heavy atom. The van der Waals surface area contributed by atoms with E-state index in [0.717, 1.165) is 0 Å². The number of carbonyl (C=O) groups is 1. The van der Waals surface area contributed by atoms with E-state index in [-0.39, 0.29) is 12.1 Å². The Kier molecular flexibility index (Phi) is 4.58. The van der Waals surface area contributed by atoms with Crippen LogP contribution < -0.4 is 4.74 Å². The zero-order chi connectivity index (χ0) is 12.0. The molecule has 86 valence electrons. The highest BCUT2D eigenvalue weighted by atomic mass is 16.5. The Labute approximate surface area is 95.7 Å². The first-order valence-corrected chi connectivity index (χ1v) is 5.19. The van der Waals surface area contributed by atoms with Gasteiger partial charge in [0.25, 0.3) is 0 Å². The molecule has 0 aliphatic rings. The summed E-state index contributed by atoms with van der Waals surface area (Å²) < 4.78 is 10.5. The van der Waals surface area contributed by atoms with Gasteiger partial charge >= 0.3 is 5.97 Å². The highest BCUT2D eigenvalue weighted by Gasteiger charge is 2.14. The largest absolute Gasteiger partial charge is 0.489 e. The maximum absolute atomic E-state index is 11.7. The minimum Gasteiger partial charge on any atom is -0.489 e. The summed E-state index contributed by atoms with van der Waals surface area (Å²) in [5.74, 6) is 0.155. The molecule has 0 bridgehead atoms. The monoisotopic (exact) mass is 220 g/mol. The van der Waals surface area contributed by atoms with E-state index in [1.807, 2.05) is 19.9 Å². The molecule has 3 nitrogen and oxygen atoms in total. The van der Waals surface area contributed by atoms with E-state index in [1.165, 1.54) is 0 Å². The van der Waals surface area contributed by atoms with Crippen molar-refractivity contribution in [3.63, 3.8) is 0 Å². The summed E-state index contributed by atoms with van der Waals surface area (Å²) in [6.45, 7) is 7.55. The maximum atomic E-state index is 11.7. The fraction of sp³-hybridized carbons (Fsp3) is 0.308. The van der Waals surface area contributed by atoms with Gasteiger partial charge in [-0.1, -0.05) is 24.8 Å². The summed E-state index contributed by atoms with van der Waals surface area (Å²) in [6, 6.07) is 7.01. The van der Waals surface area contributed by atoms with Crippen molar-refractivity contribution < 1.29 is 14.3 Å². The molecule has 0 atom stereocenters. The summed E-state index contributed by atoms with van der Waals surface area (Å²) in [5.41, 5.74) is 0.443. The van der Waals surface area contributed by atoms with E-state index >= 15 is 0 Å². The van der Waals surface area contributed by atoms with Crippen LogP contribution in [0.5, 0.6) is 5.75 Å². The molecule has 1 aromatic carbocycles. The number of hydrogen-bond acceptors (Lipinski definition) is 3. The molecule has 0 saturated heterocycles. The van der Waals surface area contributed by atoms with Crippen molar-refractivity contribution in [2.24, 2.45) is 0 Å². The van der Waals surface area contributed by atoms with Gasteiger partial charge in [-0.05, 0) is 26.0 Å². The summed E-state index contributed by atoms with van der Waals surface area (Å²) in [7, 11) is 0. The van der Waals surface area contributed by atoms with Crippen LogP contribution in [0.3, 0.4) is 0 Å². The van der Waals surface area contributed by atoms with Gasteiger partial charge in [0.15, 0.2) is 0 Å². The fourth-order valence-electron chi connectivity index (χ4n) is 1.19. The number of rotatable bonds is 5.